The van der Waals surface area contributed by atoms with Gasteiger partial charge >= 0.3 is 12.1 Å². The van der Waals surface area contributed by atoms with Gasteiger partial charge in [0.15, 0.2) is 0 Å². The molecule has 2 unspecified atom stereocenters. The number of hydrogen-bond acceptors (Lipinski definition) is 4. The lowest BCUT2D eigenvalue weighted by Gasteiger charge is -2.31. The number of nitrogens with one attached hydrogen (secondary N) is 2. The molecule has 1 aliphatic rings. The molecule has 0 heterocycles. The van der Waals surface area contributed by atoms with Crippen LogP contribution in [0.25, 0.3) is 11.1 Å². The summed E-state index contributed by atoms with van der Waals surface area (Å²) in [5.74, 6) is -1.32. The van der Waals surface area contributed by atoms with Crippen molar-refractivity contribution in [1.29, 1.82) is 0 Å². The van der Waals surface area contributed by atoms with E-state index in [0.29, 0.717) is 6.42 Å². The number of carbonyl (C=O) groups excluding carboxylic acids is 2. The summed E-state index contributed by atoms with van der Waals surface area (Å²) in [6.07, 6.45) is -0.260. The first-order valence-electron chi connectivity index (χ1n) is 11.8. The van der Waals surface area contributed by atoms with Crippen molar-refractivity contribution in [3.63, 3.8) is 0 Å². The number of carbonyl (C=O) groups is 3. The Morgan fingerprint density at radius 1 is 1.03 bits per heavy atom. The molecule has 2 atom stereocenters. The van der Waals surface area contributed by atoms with Gasteiger partial charge in [0.2, 0.25) is 5.91 Å². The average molecular weight is 467 g/mol. The second kappa shape index (κ2) is 10.7. The summed E-state index contributed by atoms with van der Waals surface area (Å²) in [5.41, 5.74) is 3.68. The Labute approximate surface area is 200 Å². The van der Waals surface area contributed by atoms with Crippen molar-refractivity contribution in [3.8, 4) is 11.1 Å². The lowest BCUT2D eigenvalue weighted by molar-refractivity contribution is -0.138. The van der Waals surface area contributed by atoms with E-state index in [-0.39, 0.29) is 37.3 Å². The van der Waals surface area contributed by atoms with Crippen LogP contribution in [-0.4, -0.2) is 42.3 Å². The van der Waals surface area contributed by atoms with Crippen LogP contribution in [0.2, 0.25) is 0 Å². The molecule has 0 saturated carbocycles. The maximum Gasteiger partial charge on any atom is 0.407 e. The number of amides is 2. The third-order valence-corrected chi connectivity index (χ3v) is 6.81. The molecule has 2 aromatic rings. The van der Waals surface area contributed by atoms with Gasteiger partial charge in [-0.05, 0) is 41.5 Å². The zero-order chi connectivity index (χ0) is 24.9. The predicted octanol–water partition coefficient (Wildman–Crippen LogP) is 4.56. The first kappa shape index (κ1) is 25.3. The van der Waals surface area contributed by atoms with E-state index in [1.807, 2.05) is 45.0 Å². The van der Waals surface area contributed by atoms with Gasteiger partial charge < -0.3 is 20.5 Å². The van der Waals surface area contributed by atoms with Gasteiger partial charge in [0.1, 0.15) is 6.61 Å². The maximum absolute atomic E-state index is 13.0. The SMILES string of the molecule is CCC(C)(CNC(=O)OCC1c2ccccc2-c2ccccc21)C(=O)NC(CC(=O)O)C(C)C. The molecule has 1 aliphatic carbocycles. The van der Waals surface area contributed by atoms with E-state index in [0.717, 1.165) is 22.3 Å². The van der Waals surface area contributed by atoms with Gasteiger partial charge in [-0.2, -0.15) is 0 Å². The molecule has 3 N–H and O–H groups in total. The molecular weight excluding hydrogens is 432 g/mol. The van der Waals surface area contributed by atoms with E-state index in [1.54, 1.807) is 6.92 Å². The van der Waals surface area contributed by atoms with Gasteiger partial charge in [-0.1, -0.05) is 69.3 Å². The summed E-state index contributed by atoms with van der Waals surface area (Å²) >= 11 is 0. The Hall–Kier alpha value is -3.35. The topological polar surface area (TPSA) is 105 Å². The van der Waals surface area contributed by atoms with Crippen LogP contribution in [0.15, 0.2) is 48.5 Å². The molecule has 2 aromatic carbocycles. The van der Waals surface area contributed by atoms with Crippen LogP contribution in [0.4, 0.5) is 4.79 Å². The van der Waals surface area contributed by atoms with E-state index in [1.165, 1.54) is 0 Å². The molecule has 0 fully saturated rings. The number of aliphatic carboxylic acids is 1. The fourth-order valence-corrected chi connectivity index (χ4v) is 4.27. The van der Waals surface area contributed by atoms with Gasteiger partial charge in [-0.15, -0.1) is 0 Å². The Morgan fingerprint density at radius 3 is 2.09 bits per heavy atom. The summed E-state index contributed by atoms with van der Waals surface area (Å²) in [6.45, 7) is 7.63. The third kappa shape index (κ3) is 5.58. The van der Waals surface area contributed by atoms with Crippen LogP contribution in [-0.2, 0) is 14.3 Å². The fourth-order valence-electron chi connectivity index (χ4n) is 4.27. The summed E-state index contributed by atoms with van der Waals surface area (Å²) in [7, 11) is 0. The molecule has 0 aromatic heterocycles. The van der Waals surface area contributed by atoms with Crippen molar-refractivity contribution in [2.45, 2.75) is 52.5 Å². The fraction of sp³-hybridized carbons (Fsp3) is 0.444. The monoisotopic (exact) mass is 466 g/mol. The highest BCUT2D eigenvalue weighted by Gasteiger charge is 2.35. The van der Waals surface area contributed by atoms with E-state index >= 15 is 0 Å². The molecule has 0 saturated heterocycles. The minimum absolute atomic E-state index is 0.0313. The lowest BCUT2D eigenvalue weighted by Crippen LogP contribution is -2.51. The van der Waals surface area contributed by atoms with E-state index in [2.05, 4.69) is 34.9 Å². The van der Waals surface area contributed by atoms with Crippen LogP contribution < -0.4 is 10.6 Å². The summed E-state index contributed by atoms with van der Waals surface area (Å²) in [4.78, 5) is 36.6. The third-order valence-electron chi connectivity index (χ3n) is 6.81. The Bertz CT molecular complexity index is 1010. The first-order chi connectivity index (χ1) is 16.2. The highest BCUT2D eigenvalue weighted by atomic mass is 16.5. The van der Waals surface area contributed by atoms with Crippen LogP contribution in [0.1, 0.15) is 57.6 Å². The molecule has 2 amide bonds. The zero-order valence-electron chi connectivity index (χ0n) is 20.3. The number of benzene rings is 2. The van der Waals surface area contributed by atoms with Crippen LogP contribution in [0.3, 0.4) is 0 Å². The van der Waals surface area contributed by atoms with Crippen molar-refractivity contribution in [2.75, 3.05) is 13.2 Å². The second-order valence-corrected chi connectivity index (χ2v) is 9.52. The zero-order valence-corrected chi connectivity index (χ0v) is 20.3. The minimum atomic E-state index is -0.964. The number of hydrogen-bond donors (Lipinski definition) is 3. The summed E-state index contributed by atoms with van der Waals surface area (Å²) in [5, 5.41) is 14.7. The van der Waals surface area contributed by atoms with E-state index in [9.17, 15) is 14.4 Å². The van der Waals surface area contributed by atoms with E-state index < -0.39 is 23.5 Å². The number of rotatable bonds is 10. The standard InChI is InChI=1S/C27H34N2O5/c1-5-27(4,25(32)29-23(17(2)3)14-24(30)31)16-28-26(33)34-15-22-20-12-8-6-10-18(20)19-11-7-9-13-21(19)22/h6-13,17,22-23H,5,14-16H2,1-4H3,(H,28,33)(H,29,32)(H,30,31). The molecule has 7 nitrogen and oxygen atoms in total. The Morgan fingerprint density at radius 2 is 1.59 bits per heavy atom. The second-order valence-electron chi connectivity index (χ2n) is 9.52. The molecule has 7 heteroatoms. The summed E-state index contributed by atoms with van der Waals surface area (Å²) in [6, 6.07) is 15.8. The predicted molar refractivity (Wildman–Crippen MR) is 130 cm³/mol. The van der Waals surface area contributed by atoms with Crippen molar-refractivity contribution in [2.24, 2.45) is 11.3 Å². The molecule has 182 valence electrons. The number of ether oxygens (including phenoxy) is 1. The van der Waals surface area contributed by atoms with Crippen LogP contribution in [0, 0.1) is 11.3 Å². The normalized spacial score (nSPS) is 15.1. The van der Waals surface area contributed by atoms with Crippen LogP contribution >= 0.6 is 0 Å². The molecule has 3 rings (SSSR count). The average Bonchev–Trinajstić information content (AvgIpc) is 3.14. The molecule has 0 spiro atoms. The highest BCUT2D eigenvalue weighted by Crippen LogP contribution is 2.44. The lowest BCUT2D eigenvalue weighted by atomic mass is 9.85. The number of fused-ring (bicyclic) bond motifs is 3. The number of carboxylic acid groups (broad SMARTS) is 1. The highest BCUT2D eigenvalue weighted by molar-refractivity contribution is 5.84. The van der Waals surface area contributed by atoms with Gasteiger partial charge in [0.05, 0.1) is 11.8 Å². The maximum atomic E-state index is 13.0. The largest absolute Gasteiger partial charge is 0.481 e. The Balaban J connectivity index is 1.59. The van der Waals surface area contributed by atoms with Crippen molar-refractivity contribution in [1.82, 2.24) is 10.6 Å². The number of carboxylic acids is 1. The summed E-state index contributed by atoms with van der Waals surface area (Å²) < 4.78 is 5.57. The molecule has 0 radical (unpaired) electrons. The molecule has 34 heavy (non-hydrogen) atoms. The van der Waals surface area contributed by atoms with Gasteiger partial charge in [0, 0.05) is 18.5 Å². The van der Waals surface area contributed by atoms with Crippen molar-refractivity contribution in [3.05, 3.63) is 59.7 Å². The van der Waals surface area contributed by atoms with Gasteiger partial charge in [-0.3, -0.25) is 9.59 Å². The quantitative estimate of drug-likeness (QED) is 0.476. The van der Waals surface area contributed by atoms with Crippen molar-refractivity contribution >= 4 is 18.0 Å². The van der Waals surface area contributed by atoms with Crippen LogP contribution in [0.5, 0.6) is 0 Å². The minimum Gasteiger partial charge on any atom is -0.481 e. The number of alkyl carbamates (subject to hydrolysis) is 1. The van der Waals surface area contributed by atoms with E-state index in [4.69, 9.17) is 9.84 Å². The van der Waals surface area contributed by atoms with Gasteiger partial charge in [-0.25, -0.2) is 4.79 Å². The first-order valence-corrected chi connectivity index (χ1v) is 11.8. The molecule has 0 bridgehead atoms. The Kier molecular flexibility index (Phi) is 7.97. The molecule has 0 aliphatic heterocycles. The molecular formula is C27H34N2O5. The van der Waals surface area contributed by atoms with Gasteiger partial charge in [0.25, 0.3) is 0 Å². The van der Waals surface area contributed by atoms with Crippen molar-refractivity contribution < 1.29 is 24.2 Å². The smallest absolute Gasteiger partial charge is 0.407 e.